The number of benzene rings is 2. The molecule has 1 fully saturated rings. The van der Waals surface area contributed by atoms with Gasteiger partial charge in [0.2, 0.25) is 0 Å². The van der Waals surface area contributed by atoms with Crippen LogP contribution in [-0.4, -0.2) is 17.6 Å². The molecule has 3 heteroatoms. The van der Waals surface area contributed by atoms with Gasteiger partial charge < -0.3 is 5.32 Å². The van der Waals surface area contributed by atoms with Gasteiger partial charge in [0.15, 0.2) is 5.84 Å². The van der Waals surface area contributed by atoms with Crippen LogP contribution in [0.25, 0.3) is 5.70 Å². The van der Waals surface area contributed by atoms with Crippen LogP contribution in [0.1, 0.15) is 48.8 Å². The number of amidine groups is 1. The first-order valence-electron chi connectivity index (χ1n) is 9.98. The Morgan fingerprint density at radius 2 is 1.56 bits per heavy atom. The molecule has 0 bridgehead atoms. The molecule has 1 aliphatic heterocycles. The molecule has 0 atom stereocenters. The molecule has 4 rings (SSSR count). The van der Waals surface area contributed by atoms with Crippen molar-refractivity contribution in [3.05, 3.63) is 71.3 Å². The molecule has 0 saturated heterocycles. The zero-order valence-electron chi connectivity index (χ0n) is 16.2. The molecule has 0 amide bonds. The summed E-state index contributed by atoms with van der Waals surface area (Å²) in [5.41, 5.74) is 6.65. The van der Waals surface area contributed by atoms with Gasteiger partial charge in [0.1, 0.15) is 5.71 Å². The number of aryl methyl sites for hydroxylation is 2. The monoisotopic (exact) mass is 357 g/mol. The average Bonchev–Trinajstić information content (AvgIpc) is 3.09. The number of rotatable bonds is 3. The van der Waals surface area contributed by atoms with Crippen molar-refractivity contribution in [3.8, 4) is 0 Å². The van der Waals surface area contributed by atoms with Crippen LogP contribution in [0.5, 0.6) is 0 Å². The van der Waals surface area contributed by atoms with Crippen LogP contribution in [-0.2, 0) is 0 Å². The van der Waals surface area contributed by atoms with Crippen LogP contribution in [0, 0.1) is 13.8 Å². The third-order valence-electron chi connectivity index (χ3n) is 5.42. The summed E-state index contributed by atoms with van der Waals surface area (Å²) in [6.07, 6.45) is 8.45. The van der Waals surface area contributed by atoms with Gasteiger partial charge in [0.25, 0.3) is 0 Å². The van der Waals surface area contributed by atoms with Gasteiger partial charge in [-0.3, -0.25) is 4.99 Å². The van der Waals surface area contributed by atoms with E-state index in [9.17, 15) is 0 Å². The number of nitrogens with zero attached hydrogens (tertiary/aromatic N) is 2. The molecule has 1 saturated carbocycles. The summed E-state index contributed by atoms with van der Waals surface area (Å²) in [7, 11) is 0. The van der Waals surface area contributed by atoms with Crippen molar-refractivity contribution in [2.24, 2.45) is 9.98 Å². The Morgan fingerprint density at radius 1 is 0.852 bits per heavy atom. The predicted octanol–water partition coefficient (Wildman–Crippen LogP) is 5.75. The average molecular weight is 358 g/mol. The third kappa shape index (κ3) is 4.02. The highest BCUT2D eigenvalue weighted by atomic mass is 15.1. The largest absolute Gasteiger partial charge is 0.338 e. The molecule has 2 aliphatic rings. The zero-order valence-corrected chi connectivity index (χ0v) is 16.2. The van der Waals surface area contributed by atoms with Crippen LogP contribution >= 0.6 is 0 Å². The molecule has 2 aromatic carbocycles. The highest BCUT2D eigenvalue weighted by Crippen LogP contribution is 2.26. The summed E-state index contributed by atoms with van der Waals surface area (Å²) >= 11 is 0. The molecule has 3 nitrogen and oxygen atoms in total. The van der Waals surface area contributed by atoms with Crippen molar-refractivity contribution >= 4 is 22.9 Å². The van der Waals surface area contributed by atoms with E-state index >= 15 is 0 Å². The van der Waals surface area contributed by atoms with Crippen molar-refractivity contribution in [2.75, 3.05) is 0 Å². The Balaban J connectivity index is 1.73. The summed E-state index contributed by atoms with van der Waals surface area (Å²) in [6.45, 7) is 4.23. The molecule has 1 heterocycles. The van der Waals surface area contributed by atoms with E-state index in [1.807, 2.05) is 6.07 Å². The number of para-hydroxylation sites is 1. The number of aliphatic imine (C=N–C) groups is 2. The zero-order chi connectivity index (χ0) is 18.6. The fourth-order valence-corrected chi connectivity index (χ4v) is 3.89. The lowest BCUT2D eigenvalue weighted by Crippen LogP contribution is -2.23. The van der Waals surface area contributed by atoms with Crippen LogP contribution in [0.4, 0.5) is 5.69 Å². The Morgan fingerprint density at radius 3 is 2.26 bits per heavy atom. The maximum atomic E-state index is 5.09. The second kappa shape index (κ2) is 7.91. The highest BCUT2D eigenvalue weighted by molar-refractivity contribution is 6.51. The van der Waals surface area contributed by atoms with E-state index < -0.39 is 0 Å². The predicted molar refractivity (Wildman–Crippen MR) is 115 cm³/mol. The Kier molecular flexibility index (Phi) is 5.19. The lowest BCUT2D eigenvalue weighted by molar-refractivity contribution is 0.444. The molecule has 0 spiro atoms. The normalized spacial score (nSPS) is 20.7. The quantitative estimate of drug-likeness (QED) is 0.746. The topological polar surface area (TPSA) is 36.8 Å². The molecule has 1 aliphatic carbocycles. The minimum atomic E-state index is 0.421. The van der Waals surface area contributed by atoms with Gasteiger partial charge in [0, 0.05) is 5.70 Å². The first-order chi connectivity index (χ1) is 13.2. The van der Waals surface area contributed by atoms with Crippen molar-refractivity contribution in [1.82, 2.24) is 5.32 Å². The summed E-state index contributed by atoms with van der Waals surface area (Å²) in [5, 5.41) is 3.53. The Bertz CT molecular complexity index is 880. The van der Waals surface area contributed by atoms with Crippen LogP contribution in [0.15, 0.2) is 64.6 Å². The molecule has 0 aromatic heterocycles. The van der Waals surface area contributed by atoms with Crippen molar-refractivity contribution in [3.63, 3.8) is 0 Å². The smallest absolute Gasteiger partial charge is 0.156 e. The van der Waals surface area contributed by atoms with Gasteiger partial charge in [-0.25, -0.2) is 4.99 Å². The first kappa shape index (κ1) is 17.7. The van der Waals surface area contributed by atoms with Crippen molar-refractivity contribution < 1.29 is 0 Å². The lowest BCUT2D eigenvalue weighted by Gasteiger charge is -2.18. The maximum Gasteiger partial charge on any atom is 0.156 e. The third-order valence-corrected chi connectivity index (χ3v) is 5.42. The fourth-order valence-electron chi connectivity index (χ4n) is 3.89. The highest BCUT2D eigenvalue weighted by Gasteiger charge is 2.22. The van der Waals surface area contributed by atoms with E-state index in [1.165, 1.54) is 48.8 Å². The number of hydrogen-bond acceptors (Lipinski definition) is 2. The maximum absolute atomic E-state index is 5.09. The van der Waals surface area contributed by atoms with Crippen LogP contribution in [0.3, 0.4) is 0 Å². The van der Waals surface area contributed by atoms with E-state index in [0.29, 0.717) is 6.04 Å². The SMILES string of the molecule is Cc1cccc(C)c1N=C1NC(c2ccccc2)=CC1=NC1CCCCC1. The number of nitrogens with one attached hydrogen (secondary N) is 1. The number of hydrogen-bond donors (Lipinski definition) is 1. The van der Waals surface area contributed by atoms with E-state index in [4.69, 9.17) is 9.98 Å². The van der Waals surface area contributed by atoms with Crippen molar-refractivity contribution in [2.45, 2.75) is 52.0 Å². The minimum absolute atomic E-state index is 0.421. The first-order valence-corrected chi connectivity index (χ1v) is 9.98. The lowest BCUT2D eigenvalue weighted by atomic mass is 9.96. The van der Waals surface area contributed by atoms with Crippen molar-refractivity contribution in [1.29, 1.82) is 0 Å². The second-order valence-corrected chi connectivity index (χ2v) is 7.56. The summed E-state index contributed by atoms with van der Waals surface area (Å²) in [6, 6.07) is 17.2. The van der Waals surface area contributed by atoms with E-state index in [0.717, 1.165) is 22.9 Å². The Labute approximate surface area is 162 Å². The Hall–Kier alpha value is -2.68. The summed E-state index contributed by atoms with van der Waals surface area (Å²) in [4.78, 5) is 10.1. The molecule has 138 valence electrons. The van der Waals surface area contributed by atoms with Gasteiger partial charge in [-0.05, 0) is 49.5 Å². The van der Waals surface area contributed by atoms with Gasteiger partial charge >= 0.3 is 0 Å². The second-order valence-electron chi connectivity index (χ2n) is 7.56. The van der Waals surface area contributed by atoms with Gasteiger partial charge in [-0.2, -0.15) is 0 Å². The molecule has 0 unspecified atom stereocenters. The molecular formula is C24H27N3. The van der Waals surface area contributed by atoms with Gasteiger partial charge in [-0.15, -0.1) is 0 Å². The molecule has 27 heavy (non-hydrogen) atoms. The molecular weight excluding hydrogens is 330 g/mol. The van der Waals surface area contributed by atoms with E-state index in [1.54, 1.807) is 0 Å². The molecule has 2 aromatic rings. The minimum Gasteiger partial charge on any atom is -0.338 e. The van der Waals surface area contributed by atoms with E-state index in [2.05, 4.69) is 67.7 Å². The van der Waals surface area contributed by atoms with E-state index in [-0.39, 0.29) is 0 Å². The van der Waals surface area contributed by atoms with Gasteiger partial charge in [-0.1, -0.05) is 67.8 Å². The standard InChI is InChI=1S/C24H27N3/c1-17-10-9-11-18(2)23(17)27-24-22(25-20-14-7-4-8-15-20)16-21(26-24)19-12-5-3-6-13-19/h3,5-6,9-13,16,20H,4,7-8,14-15H2,1-2H3,(H,25,26,27). The molecule has 1 N–H and O–H groups in total. The summed E-state index contributed by atoms with van der Waals surface area (Å²) < 4.78 is 0. The van der Waals surface area contributed by atoms with Gasteiger partial charge in [0.05, 0.1) is 11.7 Å². The summed E-state index contributed by atoms with van der Waals surface area (Å²) in [5.74, 6) is 0.872. The van der Waals surface area contributed by atoms with Crippen LogP contribution in [0.2, 0.25) is 0 Å². The molecule has 0 radical (unpaired) electrons. The van der Waals surface area contributed by atoms with Crippen LogP contribution < -0.4 is 5.32 Å². The fraction of sp³-hybridized carbons (Fsp3) is 0.333.